The summed E-state index contributed by atoms with van der Waals surface area (Å²) < 4.78 is 0. The lowest BCUT2D eigenvalue weighted by Gasteiger charge is -2.60. The van der Waals surface area contributed by atoms with Gasteiger partial charge in [-0.3, -0.25) is 9.69 Å². The Balaban J connectivity index is 0.875. The minimum Gasteiger partial charge on any atom is -0.340 e. The molecule has 0 aromatic carbocycles. The van der Waals surface area contributed by atoms with E-state index >= 15 is 0 Å². The maximum Gasteiger partial charge on any atom is 0.239 e. The van der Waals surface area contributed by atoms with E-state index < -0.39 is 11.6 Å². The topological polar surface area (TPSA) is 72.5 Å². The second-order valence-corrected chi connectivity index (χ2v) is 12.8. The van der Waals surface area contributed by atoms with Crippen LogP contribution in [0.5, 0.6) is 0 Å². The lowest BCUT2D eigenvalue weighted by atomic mass is 9.53. The normalized spacial score (nSPS) is 46.5. The first-order valence-electron chi connectivity index (χ1n) is 14.6. The fourth-order valence-corrected chi connectivity index (χ4v) is 8.80. The minimum atomic E-state index is -0.792. The fourth-order valence-electron chi connectivity index (χ4n) is 8.80. The summed E-state index contributed by atoms with van der Waals surface area (Å²) in [5.41, 5.74) is 0. The molecule has 0 aromatic heterocycles. The molecule has 8 heteroatoms. The summed E-state index contributed by atoms with van der Waals surface area (Å²) in [6.07, 6.45) is 12.5. The summed E-state index contributed by atoms with van der Waals surface area (Å²) in [6.45, 7) is 6.04. The third-order valence-corrected chi connectivity index (χ3v) is 10.7. The standard InChI is InChI=1S/C27H43N3O5/c31-25(30-11-9-29(10-12-30)24-3-7-28-8-4-24)18-19-1-5-26(6-2-19)32-34-27(35-33-26)22-14-20-13-21(16-22)17-23(27)15-20/h19-24,28H,1-18H2. The first kappa shape index (κ1) is 23.4. The number of hydrogen-bond acceptors (Lipinski definition) is 7. The number of piperazine rings is 1. The first-order chi connectivity index (χ1) is 17.1. The molecule has 35 heavy (non-hydrogen) atoms. The van der Waals surface area contributed by atoms with E-state index in [0.29, 0.717) is 36.1 Å². The Morgan fingerprint density at radius 3 is 1.97 bits per heavy atom. The third-order valence-electron chi connectivity index (χ3n) is 10.7. The highest BCUT2D eigenvalue weighted by Crippen LogP contribution is 2.62. The van der Waals surface area contributed by atoms with E-state index in [1.54, 1.807) is 0 Å². The zero-order chi connectivity index (χ0) is 23.5. The van der Waals surface area contributed by atoms with Gasteiger partial charge in [0.2, 0.25) is 17.5 Å². The van der Waals surface area contributed by atoms with Gasteiger partial charge in [-0.1, -0.05) is 0 Å². The van der Waals surface area contributed by atoms with Crippen molar-refractivity contribution in [1.82, 2.24) is 15.1 Å². The molecule has 4 bridgehead atoms. The Morgan fingerprint density at radius 1 is 0.771 bits per heavy atom. The van der Waals surface area contributed by atoms with Gasteiger partial charge in [0.15, 0.2) is 0 Å². The molecular weight excluding hydrogens is 446 g/mol. The number of carbonyl (C=O) groups excluding carboxylic acids is 1. The molecule has 196 valence electrons. The van der Waals surface area contributed by atoms with E-state index in [4.69, 9.17) is 19.6 Å². The number of amides is 1. The number of hydrogen-bond donors (Lipinski definition) is 1. The molecule has 5 aliphatic carbocycles. The molecule has 2 spiro atoms. The van der Waals surface area contributed by atoms with Gasteiger partial charge in [-0.15, -0.1) is 0 Å². The number of carbonyl (C=O) groups is 1. The molecular formula is C27H43N3O5. The third kappa shape index (κ3) is 4.26. The van der Waals surface area contributed by atoms with Crippen molar-refractivity contribution in [2.75, 3.05) is 39.3 Å². The fraction of sp³-hybridized carbons (Fsp3) is 0.963. The van der Waals surface area contributed by atoms with E-state index in [2.05, 4.69) is 15.1 Å². The average molecular weight is 490 g/mol. The molecule has 1 amide bonds. The average Bonchev–Trinajstić information content (AvgIpc) is 2.90. The van der Waals surface area contributed by atoms with Crippen molar-refractivity contribution in [3.63, 3.8) is 0 Å². The maximum absolute atomic E-state index is 13.0. The Labute approximate surface area is 209 Å². The van der Waals surface area contributed by atoms with Gasteiger partial charge >= 0.3 is 0 Å². The summed E-state index contributed by atoms with van der Waals surface area (Å²) >= 11 is 0. The highest BCUT2D eigenvalue weighted by molar-refractivity contribution is 5.76. The molecule has 5 saturated carbocycles. The van der Waals surface area contributed by atoms with Gasteiger partial charge in [-0.25, -0.2) is 0 Å². The second kappa shape index (κ2) is 9.21. The summed E-state index contributed by atoms with van der Waals surface area (Å²) in [6, 6.07) is 0.695. The largest absolute Gasteiger partial charge is 0.340 e. The minimum absolute atomic E-state index is 0.321. The Bertz CT molecular complexity index is 746. The van der Waals surface area contributed by atoms with Crippen molar-refractivity contribution in [3.05, 3.63) is 0 Å². The second-order valence-electron chi connectivity index (χ2n) is 12.8. The SMILES string of the molecule is O=C(CC1CCC2(CC1)OOC1(OO2)C2CC3CC(C2)CC1C3)N1CCN(C2CCNCC2)CC1. The summed E-state index contributed by atoms with van der Waals surface area (Å²) in [5.74, 6) is 1.72. The zero-order valence-electron chi connectivity index (χ0n) is 21.1. The maximum atomic E-state index is 13.0. The van der Waals surface area contributed by atoms with Gasteiger partial charge in [0.25, 0.3) is 0 Å². The van der Waals surface area contributed by atoms with Crippen molar-refractivity contribution in [1.29, 1.82) is 0 Å². The summed E-state index contributed by atoms with van der Waals surface area (Å²) in [7, 11) is 0. The molecule has 3 saturated heterocycles. The van der Waals surface area contributed by atoms with Crippen LogP contribution in [0.15, 0.2) is 0 Å². The van der Waals surface area contributed by atoms with Gasteiger partial charge in [0, 0.05) is 63.3 Å². The van der Waals surface area contributed by atoms with Crippen LogP contribution in [0.3, 0.4) is 0 Å². The zero-order valence-corrected chi connectivity index (χ0v) is 21.1. The molecule has 1 N–H and O–H groups in total. The predicted molar refractivity (Wildman–Crippen MR) is 127 cm³/mol. The van der Waals surface area contributed by atoms with E-state index in [0.717, 1.165) is 76.8 Å². The van der Waals surface area contributed by atoms with E-state index in [-0.39, 0.29) is 0 Å². The molecule has 8 fully saturated rings. The summed E-state index contributed by atoms with van der Waals surface area (Å²) in [5, 5.41) is 3.45. The van der Waals surface area contributed by atoms with Crippen LogP contribution in [0.25, 0.3) is 0 Å². The smallest absolute Gasteiger partial charge is 0.239 e. The van der Waals surface area contributed by atoms with Crippen LogP contribution in [0.1, 0.15) is 77.0 Å². The molecule has 8 nitrogen and oxygen atoms in total. The van der Waals surface area contributed by atoms with Crippen molar-refractivity contribution in [3.8, 4) is 0 Å². The Hall–Kier alpha value is -0.770. The van der Waals surface area contributed by atoms with Gasteiger partial charge in [-0.05, 0) is 88.6 Å². The van der Waals surface area contributed by atoms with Crippen molar-refractivity contribution >= 4 is 5.91 Å². The quantitative estimate of drug-likeness (QED) is 0.611. The molecule has 0 atom stereocenters. The first-order valence-corrected chi connectivity index (χ1v) is 14.6. The van der Waals surface area contributed by atoms with Crippen molar-refractivity contribution in [2.45, 2.75) is 94.7 Å². The predicted octanol–water partition coefficient (Wildman–Crippen LogP) is 3.22. The summed E-state index contributed by atoms with van der Waals surface area (Å²) in [4.78, 5) is 42.2. The number of piperidine rings is 1. The highest BCUT2D eigenvalue weighted by atomic mass is 17.4. The van der Waals surface area contributed by atoms with E-state index in [1.807, 2.05) is 0 Å². The van der Waals surface area contributed by atoms with Crippen LogP contribution in [0.2, 0.25) is 0 Å². The van der Waals surface area contributed by atoms with E-state index in [9.17, 15) is 4.79 Å². The molecule has 0 unspecified atom stereocenters. The highest BCUT2D eigenvalue weighted by Gasteiger charge is 2.64. The van der Waals surface area contributed by atoms with Gasteiger partial charge in [0.1, 0.15) is 0 Å². The molecule has 0 aromatic rings. The number of nitrogens with zero attached hydrogens (tertiary/aromatic N) is 2. The van der Waals surface area contributed by atoms with Gasteiger partial charge < -0.3 is 10.2 Å². The molecule has 3 aliphatic heterocycles. The monoisotopic (exact) mass is 489 g/mol. The van der Waals surface area contributed by atoms with Crippen LogP contribution in [-0.2, 0) is 24.3 Å². The van der Waals surface area contributed by atoms with Crippen LogP contribution < -0.4 is 5.32 Å². The molecule has 0 radical (unpaired) electrons. The molecule has 8 aliphatic rings. The van der Waals surface area contributed by atoms with E-state index in [1.165, 1.54) is 44.9 Å². The number of rotatable bonds is 3. The van der Waals surface area contributed by atoms with Crippen LogP contribution in [0, 0.1) is 29.6 Å². The van der Waals surface area contributed by atoms with Crippen LogP contribution in [-0.4, -0.2) is 72.6 Å². The lowest BCUT2D eigenvalue weighted by molar-refractivity contribution is -0.680. The van der Waals surface area contributed by atoms with Gasteiger partial charge in [-0.2, -0.15) is 19.6 Å². The van der Waals surface area contributed by atoms with Crippen LogP contribution in [0.4, 0.5) is 0 Å². The lowest BCUT2D eigenvalue weighted by Crippen LogP contribution is -2.64. The van der Waals surface area contributed by atoms with Crippen LogP contribution >= 0.6 is 0 Å². The Morgan fingerprint density at radius 2 is 1.37 bits per heavy atom. The van der Waals surface area contributed by atoms with Gasteiger partial charge in [0.05, 0.1) is 0 Å². The van der Waals surface area contributed by atoms with Crippen molar-refractivity contribution < 1.29 is 24.3 Å². The number of nitrogens with one attached hydrogen (secondary N) is 1. The van der Waals surface area contributed by atoms with Crippen molar-refractivity contribution in [2.24, 2.45) is 29.6 Å². The Kier molecular flexibility index (Phi) is 6.14. The molecule has 8 rings (SSSR count). The molecule has 3 heterocycles.